The maximum Gasteiger partial charge on any atom is 0.0584 e. The zero-order valence-corrected chi connectivity index (χ0v) is 11.5. The first-order valence-electron chi connectivity index (χ1n) is 6.78. The zero-order valence-electron chi connectivity index (χ0n) is 11.5. The van der Waals surface area contributed by atoms with Crippen molar-refractivity contribution in [3.8, 4) is 0 Å². The lowest BCUT2D eigenvalue weighted by Gasteiger charge is -2.25. The van der Waals surface area contributed by atoms with Crippen molar-refractivity contribution >= 4 is 5.69 Å². The van der Waals surface area contributed by atoms with Crippen molar-refractivity contribution in [2.75, 3.05) is 24.5 Å². The maximum absolute atomic E-state index is 5.63. The summed E-state index contributed by atoms with van der Waals surface area (Å²) in [5, 5.41) is 4.24. The van der Waals surface area contributed by atoms with Gasteiger partial charge in [-0.25, -0.2) is 0 Å². The summed E-state index contributed by atoms with van der Waals surface area (Å²) in [6.45, 7) is 5.67. The van der Waals surface area contributed by atoms with Crippen LogP contribution in [0.25, 0.3) is 0 Å². The lowest BCUT2D eigenvalue weighted by molar-refractivity contribution is 0.590. The van der Waals surface area contributed by atoms with Crippen molar-refractivity contribution in [1.82, 2.24) is 9.78 Å². The van der Waals surface area contributed by atoms with Gasteiger partial charge in [-0.2, -0.15) is 5.10 Å². The molecule has 0 aliphatic carbocycles. The number of hydrogen-bond donors (Lipinski definition) is 1. The fraction of sp³-hybridized carbons (Fsp3) is 0.400. The van der Waals surface area contributed by atoms with Gasteiger partial charge in [0.15, 0.2) is 0 Å². The molecule has 2 rings (SSSR count). The third kappa shape index (κ3) is 4.10. The van der Waals surface area contributed by atoms with Crippen molar-refractivity contribution in [2.45, 2.75) is 19.9 Å². The second kappa shape index (κ2) is 6.95. The van der Waals surface area contributed by atoms with Gasteiger partial charge in [0.05, 0.1) is 6.54 Å². The number of anilines is 1. The van der Waals surface area contributed by atoms with E-state index in [-0.39, 0.29) is 0 Å². The third-order valence-electron chi connectivity index (χ3n) is 3.19. The molecule has 0 atom stereocenters. The molecular weight excluding hydrogens is 236 g/mol. The van der Waals surface area contributed by atoms with Gasteiger partial charge in [-0.1, -0.05) is 17.7 Å². The number of benzene rings is 1. The Labute approximate surface area is 114 Å². The van der Waals surface area contributed by atoms with Crippen molar-refractivity contribution in [2.24, 2.45) is 5.73 Å². The molecule has 0 radical (unpaired) electrons. The third-order valence-corrected chi connectivity index (χ3v) is 3.19. The predicted molar refractivity (Wildman–Crippen MR) is 79.3 cm³/mol. The summed E-state index contributed by atoms with van der Waals surface area (Å²) < 4.78 is 1.96. The van der Waals surface area contributed by atoms with Crippen LogP contribution in [0, 0.1) is 6.92 Å². The summed E-state index contributed by atoms with van der Waals surface area (Å²) in [5.74, 6) is 0. The fourth-order valence-corrected chi connectivity index (χ4v) is 2.06. The molecule has 1 aromatic carbocycles. The van der Waals surface area contributed by atoms with E-state index in [1.165, 1.54) is 11.3 Å². The lowest BCUT2D eigenvalue weighted by atomic mass is 10.2. The van der Waals surface area contributed by atoms with Gasteiger partial charge < -0.3 is 10.6 Å². The Balaban J connectivity index is 2.00. The Morgan fingerprint density at radius 3 is 2.63 bits per heavy atom. The molecule has 0 spiro atoms. The van der Waals surface area contributed by atoms with Crippen molar-refractivity contribution < 1.29 is 0 Å². The molecule has 0 aliphatic heterocycles. The van der Waals surface area contributed by atoms with E-state index in [1.807, 2.05) is 23.1 Å². The van der Waals surface area contributed by atoms with Crippen LogP contribution in [0.2, 0.25) is 0 Å². The highest BCUT2D eigenvalue weighted by molar-refractivity contribution is 5.47. The number of nitrogens with two attached hydrogens (primary N) is 1. The Bertz CT molecular complexity index is 461. The smallest absolute Gasteiger partial charge is 0.0584 e. The molecule has 0 unspecified atom stereocenters. The second-order valence-corrected chi connectivity index (χ2v) is 4.73. The molecule has 19 heavy (non-hydrogen) atoms. The number of nitrogens with zero attached hydrogens (tertiary/aromatic N) is 3. The van der Waals surface area contributed by atoms with Gasteiger partial charge in [0.25, 0.3) is 0 Å². The van der Waals surface area contributed by atoms with Gasteiger partial charge >= 0.3 is 0 Å². The Kier molecular flexibility index (Phi) is 4.98. The van der Waals surface area contributed by atoms with Crippen LogP contribution in [0.3, 0.4) is 0 Å². The Morgan fingerprint density at radius 2 is 2.00 bits per heavy atom. The van der Waals surface area contributed by atoms with Crippen LogP contribution in [0.1, 0.15) is 12.0 Å². The Morgan fingerprint density at radius 1 is 1.21 bits per heavy atom. The lowest BCUT2D eigenvalue weighted by Crippen LogP contribution is -2.29. The van der Waals surface area contributed by atoms with Crippen molar-refractivity contribution in [1.29, 1.82) is 0 Å². The van der Waals surface area contributed by atoms with Crippen molar-refractivity contribution in [3.05, 3.63) is 48.3 Å². The molecule has 2 N–H and O–H groups in total. The van der Waals surface area contributed by atoms with E-state index in [9.17, 15) is 0 Å². The largest absolute Gasteiger partial charge is 0.370 e. The average molecular weight is 258 g/mol. The minimum absolute atomic E-state index is 0.726. The monoisotopic (exact) mass is 258 g/mol. The highest BCUT2D eigenvalue weighted by atomic mass is 15.3. The minimum Gasteiger partial charge on any atom is -0.370 e. The second-order valence-electron chi connectivity index (χ2n) is 4.73. The molecular formula is C15H22N4. The summed E-state index contributed by atoms with van der Waals surface area (Å²) in [5.41, 5.74) is 8.17. The molecule has 1 heterocycles. The summed E-state index contributed by atoms with van der Waals surface area (Å²) in [6.07, 6.45) is 4.82. The molecule has 0 aliphatic rings. The van der Waals surface area contributed by atoms with E-state index < -0.39 is 0 Å². The molecule has 0 amide bonds. The zero-order chi connectivity index (χ0) is 13.5. The van der Waals surface area contributed by atoms with Crippen LogP contribution in [0.5, 0.6) is 0 Å². The fourth-order valence-electron chi connectivity index (χ4n) is 2.06. The number of rotatable bonds is 7. The van der Waals surface area contributed by atoms with E-state index in [2.05, 4.69) is 41.2 Å². The summed E-state index contributed by atoms with van der Waals surface area (Å²) in [7, 11) is 0. The van der Waals surface area contributed by atoms with Gasteiger partial charge in [0, 0.05) is 31.2 Å². The van der Waals surface area contributed by atoms with E-state index in [1.54, 1.807) is 0 Å². The minimum atomic E-state index is 0.726. The molecule has 4 heteroatoms. The maximum atomic E-state index is 5.63. The van der Waals surface area contributed by atoms with Gasteiger partial charge in [-0.15, -0.1) is 0 Å². The average Bonchev–Trinajstić information content (AvgIpc) is 2.93. The first kappa shape index (κ1) is 13.6. The van der Waals surface area contributed by atoms with Crippen LogP contribution in [0.4, 0.5) is 5.69 Å². The van der Waals surface area contributed by atoms with Gasteiger partial charge in [0.2, 0.25) is 0 Å². The molecule has 0 fully saturated rings. The SMILES string of the molecule is Cc1ccc(N(CCCN)CCn2cccn2)cc1. The topological polar surface area (TPSA) is 47.1 Å². The molecule has 4 nitrogen and oxygen atoms in total. The van der Waals surface area contributed by atoms with Crippen LogP contribution >= 0.6 is 0 Å². The molecule has 102 valence electrons. The van der Waals surface area contributed by atoms with E-state index >= 15 is 0 Å². The summed E-state index contributed by atoms with van der Waals surface area (Å²) >= 11 is 0. The van der Waals surface area contributed by atoms with Gasteiger partial charge in [0.1, 0.15) is 0 Å². The summed E-state index contributed by atoms with van der Waals surface area (Å²) in [6, 6.07) is 10.6. The normalized spacial score (nSPS) is 10.6. The van der Waals surface area contributed by atoms with Gasteiger partial charge in [-0.3, -0.25) is 4.68 Å². The van der Waals surface area contributed by atoms with E-state index in [4.69, 9.17) is 5.73 Å². The molecule has 2 aromatic rings. The van der Waals surface area contributed by atoms with Gasteiger partial charge in [-0.05, 0) is 38.1 Å². The predicted octanol–water partition coefficient (Wildman–Crippen LogP) is 2.05. The van der Waals surface area contributed by atoms with E-state index in [0.29, 0.717) is 0 Å². The highest BCUT2D eigenvalue weighted by Crippen LogP contribution is 2.15. The van der Waals surface area contributed by atoms with Crippen LogP contribution in [-0.4, -0.2) is 29.4 Å². The molecule has 0 saturated carbocycles. The van der Waals surface area contributed by atoms with Crippen LogP contribution in [0.15, 0.2) is 42.7 Å². The Hall–Kier alpha value is -1.81. The van der Waals surface area contributed by atoms with Crippen LogP contribution in [-0.2, 0) is 6.54 Å². The summed E-state index contributed by atoms with van der Waals surface area (Å²) in [4.78, 5) is 2.37. The molecule has 1 aromatic heterocycles. The highest BCUT2D eigenvalue weighted by Gasteiger charge is 2.06. The quantitative estimate of drug-likeness (QED) is 0.827. The standard InChI is InChI=1S/C15H22N4/c1-14-4-6-15(7-5-14)18(10-2-8-16)12-13-19-11-3-9-17-19/h3-7,9,11H,2,8,10,12-13,16H2,1H3. The molecule has 0 saturated heterocycles. The number of hydrogen-bond acceptors (Lipinski definition) is 3. The number of aryl methyl sites for hydroxylation is 1. The van der Waals surface area contributed by atoms with E-state index in [0.717, 1.165) is 32.6 Å². The van der Waals surface area contributed by atoms with Crippen molar-refractivity contribution in [3.63, 3.8) is 0 Å². The molecule has 0 bridgehead atoms. The van der Waals surface area contributed by atoms with Crippen LogP contribution < -0.4 is 10.6 Å². The number of aromatic nitrogens is 2. The first-order chi connectivity index (χ1) is 9.29. The first-order valence-corrected chi connectivity index (χ1v) is 6.78.